The number of methoxy groups -OCH3 is 1. The highest BCUT2D eigenvalue weighted by atomic mass is 32.2. The van der Waals surface area contributed by atoms with Gasteiger partial charge in [0.1, 0.15) is 6.04 Å². The fourth-order valence-electron chi connectivity index (χ4n) is 2.96. The van der Waals surface area contributed by atoms with Crippen molar-refractivity contribution in [1.29, 1.82) is 0 Å². The van der Waals surface area contributed by atoms with Gasteiger partial charge in [0.15, 0.2) is 0 Å². The fraction of sp³-hybridized carbons (Fsp3) is 0.333. The second-order valence-electron chi connectivity index (χ2n) is 6.81. The minimum absolute atomic E-state index is 0.284. The van der Waals surface area contributed by atoms with Gasteiger partial charge in [-0.3, -0.25) is 9.10 Å². The first-order valence-corrected chi connectivity index (χ1v) is 11.0. The van der Waals surface area contributed by atoms with Crippen LogP contribution in [-0.2, 0) is 19.6 Å². The molecule has 0 fully saturated rings. The van der Waals surface area contributed by atoms with Gasteiger partial charge in [0.2, 0.25) is 15.9 Å². The number of esters is 1. The number of amides is 1. The molecule has 0 saturated heterocycles. The monoisotopic (exact) mass is 418 g/mol. The number of hydrogen-bond acceptors (Lipinski definition) is 5. The number of carbonyl (C=O) groups excluding carboxylic acids is 2. The van der Waals surface area contributed by atoms with Crippen LogP contribution in [0.25, 0.3) is 0 Å². The Labute approximate surface area is 171 Å². The lowest BCUT2D eigenvalue weighted by Gasteiger charge is -2.30. The molecule has 0 radical (unpaired) electrons. The van der Waals surface area contributed by atoms with Crippen LogP contribution in [0.1, 0.15) is 34.8 Å². The zero-order chi connectivity index (χ0) is 21.8. The van der Waals surface area contributed by atoms with E-state index in [1.54, 1.807) is 31.2 Å². The summed E-state index contributed by atoms with van der Waals surface area (Å²) in [6, 6.07) is 10.6. The summed E-state index contributed by atoms with van der Waals surface area (Å²) in [4.78, 5) is 24.4. The van der Waals surface area contributed by atoms with Gasteiger partial charge in [-0.1, -0.05) is 13.0 Å². The summed E-state index contributed by atoms with van der Waals surface area (Å²) in [7, 11) is -2.42. The first kappa shape index (κ1) is 22.4. The molecule has 0 heterocycles. The summed E-state index contributed by atoms with van der Waals surface area (Å²) in [6.45, 7) is 5.58. The minimum atomic E-state index is -3.71. The predicted octanol–water partition coefficient (Wildman–Crippen LogP) is 3.27. The summed E-state index contributed by atoms with van der Waals surface area (Å²) in [5.41, 5.74) is 3.22. The molecule has 0 aliphatic heterocycles. The van der Waals surface area contributed by atoms with Crippen molar-refractivity contribution in [1.82, 2.24) is 0 Å². The number of sulfonamides is 1. The molecule has 29 heavy (non-hydrogen) atoms. The second kappa shape index (κ2) is 9.09. The Kier molecular flexibility index (Phi) is 7.02. The number of hydrogen-bond donors (Lipinski definition) is 1. The molecule has 0 aliphatic carbocycles. The van der Waals surface area contributed by atoms with E-state index in [2.05, 4.69) is 10.1 Å². The largest absolute Gasteiger partial charge is 0.465 e. The van der Waals surface area contributed by atoms with Crippen LogP contribution in [0.15, 0.2) is 42.5 Å². The van der Waals surface area contributed by atoms with E-state index in [0.717, 1.165) is 21.7 Å². The average Bonchev–Trinajstić information content (AvgIpc) is 2.67. The highest BCUT2D eigenvalue weighted by molar-refractivity contribution is 7.92. The van der Waals surface area contributed by atoms with E-state index < -0.39 is 27.9 Å². The van der Waals surface area contributed by atoms with E-state index in [1.165, 1.54) is 19.2 Å². The number of anilines is 2. The number of rotatable bonds is 7. The molecule has 1 atom stereocenters. The maximum atomic E-state index is 12.9. The van der Waals surface area contributed by atoms with Crippen LogP contribution >= 0.6 is 0 Å². The Bertz CT molecular complexity index is 1000. The van der Waals surface area contributed by atoms with Crippen molar-refractivity contribution in [3.8, 4) is 0 Å². The van der Waals surface area contributed by atoms with Crippen LogP contribution in [0.5, 0.6) is 0 Å². The summed E-state index contributed by atoms with van der Waals surface area (Å²) >= 11 is 0. The lowest BCUT2D eigenvalue weighted by molar-refractivity contribution is -0.117. The number of carbonyl (C=O) groups is 2. The van der Waals surface area contributed by atoms with Crippen LogP contribution in [0, 0.1) is 13.8 Å². The third-order valence-corrected chi connectivity index (χ3v) is 5.83. The van der Waals surface area contributed by atoms with Gasteiger partial charge in [-0.25, -0.2) is 13.2 Å². The van der Waals surface area contributed by atoms with Crippen LogP contribution in [0.2, 0.25) is 0 Å². The molecule has 156 valence electrons. The van der Waals surface area contributed by atoms with Crippen molar-refractivity contribution >= 4 is 33.3 Å². The quantitative estimate of drug-likeness (QED) is 0.697. The van der Waals surface area contributed by atoms with Gasteiger partial charge >= 0.3 is 5.97 Å². The van der Waals surface area contributed by atoms with E-state index in [0.29, 0.717) is 16.9 Å². The average molecular weight is 419 g/mol. The lowest BCUT2D eigenvalue weighted by atomic mass is 10.1. The molecule has 2 rings (SSSR count). The highest BCUT2D eigenvalue weighted by Crippen LogP contribution is 2.25. The molecule has 1 amide bonds. The standard InChI is InChI=1S/C21H26N2O5S/c1-6-19(20(24)22-17-10-8-16(9-11-17)21(25)28-4)23(29(5,26)27)18-12-7-14(2)15(3)13-18/h7-13,19H,6H2,1-5H3,(H,22,24)/t19-/m0/s1. The fourth-order valence-corrected chi connectivity index (χ4v) is 4.16. The van der Waals surface area contributed by atoms with Crippen molar-refractivity contribution in [3.63, 3.8) is 0 Å². The molecular weight excluding hydrogens is 392 g/mol. The molecule has 0 aliphatic rings. The van der Waals surface area contributed by atoms with Gasteiger partial charge in [-0.2, -0.15) is 0 Å². The van der Waals surface area contributed by atoms with Crippen molar-refractivity contribution < 1.29 is 22.7 Å². The van der Waals surface area contributed by atoms with E-state index in [1.807, 2.05) is 19.9 Å². The lowest BCUT2D eigenvalue weighted by Crippen LogP contribution is -2.47. The third kappa shape index (κ3) is 5.35. The number of nitrogens with zero attached hydrogens (tertiary/aromatic N) is 1. The van der Waals surface area contributed by atoms with E-state index in [-0.39, 0.29) is 6.42 Å². The Morgan fingerprint density at radius 3 is 2.17 bits per heavy atom. The Morgan fingerprint density at radius 1 is 1.07 bits per heavy atom. The predicted molar refractivity (Wildman–Crippen MR) is 114 cm³/mol. The molecule has 0 aromatic heterocycles. The Balaban J connectivity index is 2.33. The molecule has 0 bridgehead atoms. The van der Waals surface area contributed by atoms with Gasteiger partial charge in [0, 0.05) is 5.69 Å². The molecule has 0 spiro atoms. The summed E-state index contributed by atoms with van der Waals surface area (Å²) < 4.78 is 30.9. The second-order valence-corrected chi connectivity index (χ2v) is 8.67. The Morgan fingerprint density at radius 2 is 1.69 bits per heavy atom. The van der Waals surface area contributed by atoms with Crippen molar-refractivity contribution in [2.75, 3.05) is 23.0 Å². The molecule has 1 N–H and O–H groups in total. The highest BCUT2D eigenvalue weighted by Gasteiger charge is 2.31. The van der Waals surface area contributed by atoms with Crippen molar-refractivity contribution in [2.45, 2.75) is 33.2 Å². The van der Waals surface area contributed by atoms with Gasteiger partial charge in [-0.05, 0) is 67.8 Å². The molecule has 2 aromatic rings. The zero-order valence-electron chi connectivity index (χ0n) is 17.2. The van der Waals surface area contributed by atoms with E-state index in [4.69, 9.17) is 0 Å². The van der Waals surface area contributed by atoms with Gasteiger partial charge in [-0.15, -0.1) is 0 Å². The number of benzene rings is 2. The van der Waals surface area contributed by atoms with Crippen LogP contribution < -0.4 is 9.62 Å². The van der Waals surface area contributed by atoms with Gasteiger partial charge in [0.25, 0.3) is 0 Å². The van der Waals surface area contributed by atoms with Gasteiger partial charge < -0.3 is 10.1 Å². The van der Waals surface area contributed by atoms with E-state index in [9.17, 15) is 18.0 Å². The molecule has 0 saturated carbocycles. The molecule has 7 nitrogen and oxygen atoms in total. The molecule has 0 unspecified atom stereocenters. The third-order valence-electron chi connectivity index (χ3n) is 4.65. The number of ether oxygens (including phenoxy) is 1. The maximum absolute atomic E-state index is 12.9. The Hall–Kier alpha value is -2.87. The summed E-state index contributed by atoms with van der Waals surface area (Å²) in [6.07, 6.45) is 1.37. The molecule has 2 aromatic carbocycles. The van der Waals surface area contributed by atoms with Crippen molar-refractivity contribution in [3.05, 3.63) is 59.2 Å². The van der Waals surface area contributed by atoms with Crippen LogP contribution in [0.3, 0.4) is 0 Å². The summed E-state index contributed by atoms with van der Waals surface area (Å²) in [5, 5.41) is 2.73. The zero-order valence-corrected chi connectivity index (χ0v) is 18.0. The first-order chi connectivity index (χ1) is 13.6. The number of nitrogens with one attached hydrogen (secondary N) is 1. The smallest absolute Gasteiger partial charge is 0.337 e. The maximum Gasteiger partial charge on any atom is 0.337 e. The first-order valence-electron chi connectivity index (χ1n) is 9.14. The van der Waals surface area contributed by atoms with Crippen molar-refractivity contribution in [2.24, 2.45) is 0 Å². The molecule has 8 heteroatoms. The van der Waals surface area contributed by atoms with Crippen LogP contribution in [-0.4, -0.2) is 39.7 Å². The number of aryl methyl sites for hydroxylation is 2. The topological polar surface area (TPSA) is 92.8 Å². The SMILES string of the molecule is CC[C@@H](C(=O)Nc1ccc(C(=O)OC)cc1)N(c1ccc(C)c(C)c1)S(C)(=O)=O. The minimum Gasteiger partial charge on any atom is -0.465 e. The summed E-state index contributed by atoms with van der Waals surface area (Å²) in [5.74, 6) is -0.936. The van der Waals surface area contributed by atoms with Crippen LogP contribution in [0.4, 0.5) is 11.4 Å². The molecular formula is C21H26N2O5S. The normalized spacial score (nSPS) is 12.2. The van der Waals surface area contributed by atoms with E-state index >= 15 is 0 Å². The van der Waals surface area contributed by atoms with Gasteiger partial charge in [0.05, 0.1) is 24.6 Å².